The monoisotopic (exact) mass is 328 g/mol. The minimum atomic E-state index is -0.853. The van der Waals surface area contributed by atoms with Crippen LogP contribution in [-0.2, 0) is 4.79 Å². The average Bonchev–Trinajstić information content (AvgIpc) is 2.80. The molecule has 0 aliphatic carbocycles. The molecular formula is C19H24N2O3. The Kier molecular flexibility index (Phi) is 5.44. The highest BCUT2D eigenvalue weighted by Gasteiger charge is 2.18. The van der Waals surface area contributed by atoms with Gasteiger partial charge in [0.1, 0.15) is 0 Å². The number of nitrogens with one attached hydrogen (secondary N) is 1. The minimum absolute atomic E-state index is 0.0454. The topological polar surface area (TPSA) is 71.3 Å². The predicted octanol–water partition coefficient (Wildman–Crippen LogP) is 3.39. The number of hydrogen-bond donors (Lipinski definition) is 2. The smallest absolute Gasteiger partial charge is 0.303 e. The summed E-state index contributed by atoms with van der Waals surface area (Å²) in [6.07, 6.45) is 0.460. The van der Waals surface area contributed by atoms with Gasteiger partial charge >= 0.3 is 5.97 Å². The third kappa shape index (κ3) is 4.04. The molecule has 1 amide bonds. The summed E-state index contributed by atoms with van der Waals surface area (Å²) in [5.74, 6) is -1.02. The first-order valence-corrected chi connectivity index (χ1v) is 8.08. The average molecular weight is 328 g/mol. The molecule has 0 saturated carbocycles. The number of aromatic nitrogens is 1. The number of rotatable bonds is 6. The van der Waals surface area contributed by atoms with E-state index in [-0.39, 0.29) is 18.4 Å². The van der Waals surface area contributed by atoms with E-state index in [0.29, 0.717) is 12.0 Å². The number of carbonyl (C=O) groups excluding carboxylic acids is 1. The van der Waals surface area contributed by atoms with Crippen molar-refractivity contribution in [3.8, 4) is 5.69 Å². The quantitative estimate of drug-likeness (QED) is 0.854. The van der Waals surface area contributed by atoms with Gasteiger partial charge in [0, 0.05) is 29.5 Å². The number of hydrogen-bond acceptors (Lipinski definition) is 2. The van der Waals surface area contributed by atoms with Crippen LogP contribution in [0.5, 0.6) is 0 Å². The van der Waals surface area contributed by atoms with E-state index in [0.717, 1.165) is 22.6 Å². The largest absolute Gasteiger partial charge is 0.481 e. The Hall–Kier alpha value is -2.56. The molecular weight excluding hydrogens is 304 g/mol. The summed E-state index contributed by atoms with van der Waals surface area (Å²) >= 11 is 0. The van der Waals surface area contributed by atoms with Crippen molar-refractivity contribution in [1.82, 2.24) is 9.88 Å². The first kappa shape index (κ1) is 17.8. The maximum absolute atomic E-state index is 12.5. The van der Waals surface area contributed by atoms with Gasteiger partial charge in [-0.05, 0) is 57.9 Å². The van der Waals surface area contributed by atoms with Crippen molar-refractivity contribution < 1.29 is 14.7 Å². The lowest BCUT2D eigenvalue weighted by molar-refractivity contribution is -0.137. The molecule has 0 aliphatic heterocycles. The molecule has 2 aromatic rings. The van der Waals surface area contributed by atoms with Gasteiger partial charge in [0.05, 0.1) is 5.56 Å². The fourth-order valence-corrected chi connectivity index (χ4v) is 2.87. The first-order chi connectivity index (χ1) is 11.3. The number of benzene rings is 1. The summed E-state index contributed by atoms with van der Waals surface area (Å²) in [4.78, 5) is 23.1. The van der Waals surface area contributed by atoms with Gasteiger partial charge in [-0.3, -0.25) is 9.59 Å². The number of aliphatic carboxylic acids is 1. The number of amides is 1. The number of carboxylic acids is 1. The molecule has 1 aromatic carbocycles. The van der Waals surface area contributed by atoms with E-state index < -0.39 is 5.97 Å². The summed E-state index contributed by atoms with van der Waals surface area (Å²) in [6.45, 7) is 7.75. The molecule has 24 heavy (non-hydrogen) atoms. The van der Waals surface area contributed by atoms with Crippen LogP contribution in [0.15, 0.2) is 30.3 Å². The van der Waals surface area contributed by atoms with Crippen LogP contribution in [0.2, 0.25) is 0 Å². The Morgan fingerprint density at radius 2 is 1.92 bits per heavy atom. The molecule has 0 saturated heterocycles. The highest BCUT2D eigenvalue weighted by atomic mass is 16.4. The van der Waals surface area contributed by atoms with E-state index in [4.69, 9.17) is 5.11 Å². The Morgan fingerprint density at radius 3 is 2.54 bits per heavy atom. The van der Waals surface area contributed by atoms with Crippen LogP contribution in [-0.4, -0.2) is 27.6 Å². The van der Waals surface area contributed by atoms with Crippen LogP contribution >= 0.6 is 0 Å². The molecule has 0 spiro atoms. The molecule has 128 valence electrons. The van der Waals surface area contributed by atoms with Crippen molar-refractivity contribution in [2.45, 2.75) is 46.6 Å². The molecule has 2 N–H and O–H groups in total. The lowest BCUT2D eigenvalue weighted by Gasteiger charge is -2.13. The van der Waals surface area contributed by atoms with Crippen LogP contribution in [0.3, 0.4) is 0 Å². The molecule has 5 heteroatoms. The summed E-state index contributed by atoms with van der Waals surface area (Å²) in [5.41, 5.74) is 4.68. The second-order valence-corrected chi connectivity index (χ2v) is 6.27. The number of carboxylic acid groups (broad SMARTS) is 1. The molecule has 1 heterocycles. The molecule has 0 bridgehead atoms. The molecule has 1 atom stereocenters. The molecule has 2 rings (SSSR count). The van der Waals surface area contributed by atoms with Crippen LogP contribution in [0, 0.1) is 20.8 Å². The lowest BCUT2D eigenvalue weighted by atomic mass is 10.1. The normalized spacial score (nSPS) is 12.0. The zero-order valence-electron chi connectivity index (χ0n) is 14.6. The van der Waals surface area contributed by atoms with Crippen molar-refractivity contribution in [1.29, 1.82) is 0 Å². The zero-order chi connectivity index (χ0) is 17.9. The highest BCUT2D eigenvalue weighted by Crippen LogP contribution is 2.21. The van der Waals surface area contributed by atoms with Crippen molar-refractivity contribution in [2.75, 3.05) is 0 Å². The zero-order valence-corrected chi connectivity index (χ0v) is 14.6. The third-order valence-corrected chi connectivity index (χ3v) is 4.10. The van der Waals surface area contributed by atoms with Crippen molar-refractivity contribution in [2.24, 2.45) is 0 Å². The van der Waals surface area contributed by atoms with Gasteiger partial charge in [-0.15, -0.1) is 0 Å². The van der Waals surface area contributed by atoms with E-state index in [1.165, 1.54) is 0 Å². The Labute approximate surface area is 142 Å². The summed E-state index contributed by atoms with van der Waals surface area (Å²) in [6, 6.07) is 9.82. The molecule has 0 aliphatic rings. The van der Waals surface area contributed by atoms with Crippen molar-refractivity contribution >= 4 is 11.9 Å². The molecule has 0 radical (unpaired) electrons. The van der Waals surface area contributed by atoms with Crippen LogP contribution in [0.25, 0.3) is 5.69 Å². The van der Waals surface area contributed by atoms with Gasteiger partial charge in [0.15, 0.2) is 0 Å². The van der Waals surface area contributed by atoms with E-state index in [1.54, 1.807) is 0 Å². The molecule has 5 nitrogen and oxygen atoms in total. The summed E-state index contributed by atoms with van der Waals surface area (Å²) in [7, 11) is 0. The number of nitrogens with zero attached hydrogens (tertiary/aromatic N) is 1. The van der Waals surface area contributed by atoms with E-state index in [2.05, 4.69) is 16.0 Å². The molecule has 0 fully saturated rings. The highest BCUT2D eigenvalue weighted by molar-refractivity contribution is 5.96. The predicted molar refractivity (Wildman–Crippen MR) is 93.8 cm³/mol. The van der Waals surface area contributed by atoms with E-state index >= 15 is 0 Å². The third-order valence-electron chi connectivity index (χ3n) is 4.10. The Balaban J connectivity index is 2.22. The van der Waals surface area contributed by atoms with Gasteiger partial charge in [-0.25, -0.2) is 0 Å². The van der Waals surface area contributed by atoms with E-state index in [9.17, 15) is 9.59 Å². The minimum Gasteiger partial charge on any atom is -0.481 e. The van der Waals surface area contributed by atoms with Gasteiger partial charge in [-0.2, -0.15) is 0 Å². The van der Waals surface area contributed by atoms with Gasteiger partial charge in [0.2, 0.25) is 0 Å². The fraction of sp³-hybridized carbons (Fsp3) is 0.368. The van der Waals surface area contributed by atoms with Crippen LogP contribution in [0.4, 0.5) is 0 Å². The summed E-state index contributed by atoms with van der Waals surface area (Å²) < 4.78 is 2.06. The second-order valence-electron chi connectivity index (χ2n) is 6.27. The van der Waals surface area contributed by atoms with E-state index in [1.807, 2.05) is 52.0 Å². The second kappa shape index (κ2) is 7.34. The Bertz CT molecular complexity index is 762. The van der Waals surface area contributed by atoms with Crippen molar-refractivity contribution in [3.63, 3.8) is 0 Å². The molecule has 1 unspecified atom stereocenters. The van der Waals surface area contributed by atoms with Crippen LogP contribution < -0.4 is 5.32 Å². The first-order valence-electron chi connectivity index (χ1n) is 8.08. The SMILES string of the molecule is Cc1cccc(-n2c(C)cc(C(=O)NC(C)CCC(=O)O)c2C)c1. The standard InChI is InChI=1S/C19H24N2O3/c1-12-6-5-7-16(10-12)21-14(3)11-17(15(21)4)19(24)20-13(2)8-9-18(22)23/h5-7,10-11,13H,8-9H2,1-4H3,(H,20,24)(H,22,23). The Morgan fingerprint density at radius 1 is 1.21 bits per heavy atom. The summed E-state index contributed by atoms with van der Waals surface area (Å²) in [5, 5.41) is 11.6. The number of carbonyl (C=O) groups is 2. The fourth-order valence-electron chi connectivity index (χ4n) is 2.87. The van der Waals surface area contributed by atoms with Gasteiger partial charge in [-0.1, -0.05) is 12.1 Å². The van der Waals surface area contributed by atoms with Crippen molar-refractivity contribution in [3.05, 3.63) is 52.8 Å². The van der Waals surface area contributed by atoms with Gasteiger partial charge < -0.3 is 15.0 Å². The molecule has 1 aromatic heterocycles. The van der Waals surface area contributed by atoms with Gasteiger partial charge in [0.25, 0.3) is 5.91 Å². The maximum atomic E-state index is 12.5. The lowest BCUT2D eigenvalue weighted by Crippen LogP contribution is -2.33. The van der Waals surface area contributed by atoms with Crippen LogP contribution in [0.1, 0.15) is 47.1 Å². The number of aryl methyl sites for hydroxylation is 2. The maximum Gasteiger partial charge on any atom is 0.303 e.